The quantitative estimate of drug-likeness (QED) is 0.908. The lowest BCUT2D eigenvalue weighted by Gasteiger charge is -2.25. The summed E-state index contributed by atoms with van der Waals surface area (Å²) in [7, 11) is 1.49. The van der Waals surface area contributed by atoms with Gasteiger partial charge in [0.1, 0.15) is 0 Å². The van der Waals surface area contributed by atoms with E-state index in [1.807, 2.05) is 6.07 Å². The molecule has 104 valence electrons. The van der Waals surface area contributed by atoms with Crippen LogP contribution in [0.5, 0.6) is 5.75 Å². The molecule has 1 N–H and O–H groups in total. The van der Waals surface area contributed by atoms with Crippen LogP contribution in [0.3, 0.4) is 0 Å². The molecular weight excluding hydrogens is 245 g/mol. The second-order valence-electron chi connectivity index (χ2n) is 5.50. The fraction of sp³-hybridized carbons (Fsp3) is 0.600. The second kappa shape index (κ2) is 5.10. The predicted octanol–water partition coefficient (Wildman–Crippen LogP) is 2.80. The van der Waals surface area contributed by atoms with Gasteiger partial charge in [0.2, 0.25) is 0 Å². The first-order valence-corrected chi connectivity index (χ1v) is 6.92. The molecule has 4 heteroatoms. The van der Waals surface area contributed by atoms with E-state index in [0.29, 0.717) is 24.0 Å². The number of halogens is 1. The largest absolute Gasteiger partial charge is 0.494 e. The van der Waals surface area contributed by atoms with Gasteiger partial charge in [0.05, 0.1) is 19.3 Å². The molecule has 0 spiro atoms. The maximum atomic E-state index is 13.4. The Kier molecular flexibility index (Phi) is 3.46. The maximum Gasteiger partial charge on any atom is 0.165 e. The van der Waals surface area contributed by atoms with E-state index >= 15 is 0 Å². The molecule has 3 nitrogen and oxygen atoms in total. The Morgan fingerprint density at radius 1 is 1.42 bits per heavy atom. The van der Waals surface area contributed by atoms with Crippen LogP contribution in [0.1, 0.15) is 37.8 Å². The summed E-state index contributed by atoms with van der Waals surface area (Å²) < 4.78 is 24.3. The van der Waals surface area contributed by atoms with Crippen LogP contribution in [0.4, 0.5) is 4.39 Å². The number of fused-ring (bicyclic) bond motifs is 2. The van der Waals surface area contributed by atoms with E-state index < -0.39 is 0 Å². The molecule has 0 radical (unpaired) electrons. The molecule has 2 bridgehead atoms. The third-order valence-electron chi connectivity index (χ3n) is 4.25. The zero-order chi connectivity index (χ0) is 13.4. The van der Waals surface area contributed by atoms with Gasteiger partial charge in [-0.3, -0.25) is 0 Å². The lowest BCUT2D eigenvalue weighted by atomic mass is 9.94. The van der Waals surface area contributed by atoms with Gasteiger partial charge in [0.25, 0.3) is 0 Å². The Labute approximate surface area is 113 Å². The van der Waals surface area contributed by atoms with Crippen LogP contribution < -0.4 is 10.1 Å². The minimum absolute atomic E-state index is 0.169. The topological polar surface area (TPSA) is 30.5 Å². The molecule has 1 aromatic carbocycles. The lowest BCUT2D eigenvalue weighted by molar-refractivity contribution is 0.0962. The molecular formula is C15H20FNO2. The zero-order valence-electron chi connectivity index (χ0n) is 11.4. The summed E-state index contributed by atoms with van der Waals surface area (Å²) in [6, 6.07) is 5.63. The van der Waals surface area contributed by atoms with E-state index in [4.69, 9.17) is 9.47 Å². The molecule has 2 aliphatic rings. The summed E-state index contributed by atoms with van der Waals surface area (Å²) in [5.74, 6) is -0.0166. The normalized spacial score (nSPS) is 30.6. The first-order chi connectivity index (χ1) is 9.17. The highest BCUT2D eigenvalue weighted by Crippen LogP contribution is 2.35. The Morgan fingerprint density at radius 3 is 2.89 bits per heavy atom. The van der Waals surface area contributed by atoms with Crippen LogP contribution in [-0.4, -0.2) is 25.4 Å². The fourth-order valence-corrected chi connectivity index (χ4v) is 3.18. The highest BCUT2D eigenvalue weighted by atomic mass is 19.1. The third kappa shape index (κ3) is 2.47. The lowest BCUT2D eigenvalue weighted by Crippen LogP contribution is -2.38. The molecule has 0 amide bonds. The van der Waals surface area contributed by atoms with Gasteiger partial charge in [-0.2, -0.15) is 0 Å². The molecule has 4 unspecified atom stereocenters. The molecule has 4 atom stereocenters. The van der Waals surface area contributed by atoms with Crippen LogP contribution in [0.2, 0.25) is 0 Å². The molecule has 0 aromatic heterocycles. The van der Waals surface area contributed by atoms with E-state index in [0.717, 1.165) is 18.4 Å². The summed E-state index contributed by atoms with van der Waals surface area (Å²) in [5.41, 5.74) is 1.04. The predicted molar refractivity (Wildman–Crippen MR) is 70.8 cm³/mol. The van der Waals surface area contributed by atoms with Crippen molar-refractivity contribution in [3.05, 3.63) is 29.6 Å². The Balaban J connectivity index is 1.68. The summed E-state index contributed by atoms with van der Waals surface area (Å²) in [6.45, 7) is 2.10. The maximum absolute atomic E-state index is 13.4. The van der Waals surface area contributed by atoms with Gasteiger partial charge < -0.3 is 14.8 Å². The van der Waals surface area contributed by atoms with Crippen LogP contribution in [0, 0.1) is 5.82 Å². The minimum Gasteiger partial charge on any atom is -0.494 e. The minimum atomic E-state index is -0.318. The van der Waals surface area contributed by atoms with Gasteiger partial charge in [-0.25, -0.2) is 4.39 Å². The first-order valence-electron chi connectivity index (χ1n) is 6.92. The van der Waals surface area contributed by atoms with Crippen LogP contribution in [-0.2, 0) is 4.74 Å². The van der Waals surface area contributed by atoms with Crippen molar-refractivity contribution in [2.24, 2.45) is 0 Å². The van der Waals surface area contributed by atoms with Crippen molar-refractivity contribution < 1.29 is 13.9 Å². The number of benzene rings is 1. The van der Waals surface area contributed by atoms with Gasteiger partial charge >= 0.3 is 0 Å². The molecule has 2 saturated heterocycles. The van der Waals surface area contributed by atoms with Gasteiger partial charge in [0, 0.05) is 12.1 Å². The molecule has 3 rings (SSSR count). The van der Waals surface area contributed by atoms with Gasteiger partial charge in [-0.1, -0.05) is 6.07 Å². The second-order valence-corrected chi connectivity index (χ2v) is 5.50. The van der Waals surface area contributed by atoms with Gasteiger partial charge in [-0.15, -0.1) is 0 Å². The number of hydrogen-bond acceptors (Lipinski definition) is 3. The van der Waals surface area contributed by atoms with Crippen molar-refractivity contribution in [2.45, 2.75) is 50.5 Å². The number of methoxy groups -OCH3 is 1. The van der Waals surface area contributed by atoms with E-state index in [2.05, 4.69) is 12.2 Å². The highest BCUT2D eigenvalue weighted by molar-refractivity contribution is 5.32. The summed E-state index contributed by atoms with van der Waals surface area (Å²) in [5, 5.41) is 3.59. The Hall–Kier alpha value is -1.13. The number of ether oxygens (including phenoxy) is 2. The number of nitrogens with one attached hydrogen (secondary N) is 1. The Morgan fingerprint density at radius 2 is 2.26 bits per heavy atom. The fourth-order valence-electron chi connectivity index (χ4n) is 3.18. The summed E-state index contributed by atoms with van der Waals surface area (Å²) >= 11 is 0. The van der Waals surface area contributed by atoms with E-state index in [9.17, 15) is 4.39 Å². The number of hydrogen-bond donors (Lipinski definition) is 1. The first kappa shape index (κ1) is 12.9. The van der Waals surface area contributed by atoms with Crippen molar-refractivity contribution in [3.63, 3.8) is 0 Å². The molecule has 19 heavy (non-hydrogen) atoms. The van der Waals surface area contributed by atoms with Crippen molar-refractivity contribution >= 4 is 0 Å². The summed E-state index contributed by atoms with van der Waals surface area (Å²) in [6.07, 6.45) is 4.24. The average molecular weight is 265 g/mol. The monoisotopic (exact) mass is 265 g/mol. The zero-order valence-corrected chi connectivity index (χ0v) is 11.4. The van der Waals surface area contributed by atoms with Crippen molar-refractivity contribution in [3.8, 4) is 5.75 Å². The summed E-state index contributed by atoms with van der Waals surface area (Å²) in [4.78, 5) is 0. The molecule has 0 saturated carbocycles. The molecule has 0 aliphatic carbocycles. The highest BCUT2D eigenvalue weighted by Gasteiger charge is 2.41. The van der Waals surface area contributed by atoms with Crippen LogP contribution in [0.25, 0.3) is 0 Å². The van der Waals surface area contributed by atoms with Crippen molar-refractivity contribution in [1.29, 1.82) is 0 Å². The van der Waals surface area contributed by atoms with Crippen LogP contribution >= 0.6 is 0 Å². The smallest absolute Gasteiger partial charge is 0.165 e. The molecule has 2 aliphatic heterocycles. The SMILES string of the molecule is COc1cc(C(C)NC2CC3CCC2O3)ccc1F. The van der Waals surface area contributed by atoms with Crippen molar-refractivity contribution in [1.82, 2.24) is 5.32 Å². The molecule has 1 aromatic rings. The van der Waals surface area contributed by atoms with Crippen LogP contribution in [0.15, 0.2) is 18.2 Å². The third-order valence-corrected chi connectivity index (χ3v) is 4.25. The molecule has 2 fully saturated rings. The standard InChI is InChI=1S/C15H20FNO2/c1-9(10-3-5-12(16)15(7-10)18-2)17-13-8-11-4-6-14(13)19-11/h3,5,7,9,11,13-14,17H,4,6,8H2,1-2H3. The van der Waals surface area contributed by atoms with E-state index in [1.165, 1.54) is 19.6 Å². The van der Waals surface area contributed by atoms with Gasteiger partial charge in [0.15, 0.2) is 11.6 Å². The van der Waals surface area contributed by atoms with Crippen molar-refractivity contribution in [2.75, 3.05) is 7.11 Å². The Bertz CT molecular complexity index is 465. The number of rotatable bonds is 4. The van der Waals surface area contributed by atoms with Gasteiger partial charge in [-0.05, 0) is 43.9 Å². The van der Waals surface area contributed by atoms with E-state index in [1.54, 1.807) is 6.07 Å². The molecule has 2 heterocycles. The van der Waals surface area contributed by atoms with E-state index in [-0.39, 0.29) is 11.9 Å². The average Bonchev–Trinajstić information content (AvgIpc) is 3.01.